The number of nitrogens with zero attached hydrogens (tertiary/aromatic N) is 3. The molecular weight excluding hydrogens is 314 g/mol. The fraction of sp³-hybridized carbons (Fsp3) is 0.562. The minimum atomic E-state index is -0.287. The van der Waals surface area contributed by atoms with Gasteiger partial charge in [0.05, 0.1) is 13.2 Å². The molecule has 1 amide bonds. The van der Waals surface area contributed by atoms with Crippen LogP contribution >= 0.6 is 11.3 Å². The second-order valence-corrected chi connectivity index (χ2v) is 7.11. The molecule has 3 heterocycles. The second-order valence-electron chi connectivity index (χ2n) is 5.74. The topological polar surface area (TPSA) is 68.5 Å². The van der Waals surface area contributed by atoms with Gasteiger partial charge in [0.15, 0.2) is 0 Å². The predicted molar refractivity (Wildman–Crippen MR) is 86.3 cm³/mol. The lowest BCUT2D eigenvalue weighted by Crippen LogP contribution is -2.42. The van der Waals surface area contributed by atoms with Crippen LogP contribution in [0.5, 0.6) is 0 Å². The van der Waals surface area contributed by atoms with Gasteiger partial charge in [0.25, 0.3) is 0 Å². The molecule has 0 radical (unpaired) electrons. The zero-order valence-electron chi connectivity index (χ0n) is 13.4. The van der Waals surface area contributed by atoms with Gasteiger partial charge in [-0.25, -0.2) is 0 Å². The number of thiophene rings is 1. The minimum Gasteiger partial charge on any atom is -0.366 e. The first-order chi connectivity index (χ1) is 11.1. The quantitative estimate of drug-likeness (QED) is 0.840. The average Bonchev–Trinajstić information content (AvgIpc) is 3.16. The summed E-state index contributed by atoms with van der Waals surface area (Å²) in [7, 11) is 0. The van der Waals surface area contributed by atoms with Gasteiger partial charge in [-0.3, -0.25) is 4.79 Å². The number of aryl methyl sites for hydroxylation is 3. The van der Waals surface area contributed by atoms with Crippen LogP contribution in [-0.4, -0.2) is 40.6 Å². The van der Waals surface area contributed by atoms with Crippen LogP contribution in [0.1, 0.15) is 40.4 Å². The smallest absolute Gasteiger partial charge is 0.223 e. The molecule has 3 rings (SSSR count). The molecule has 1 saturated heterocycles. The van der Waals surface area contributed by atoms with E-state index in [0.717, 1.165) is 12.8 Å². The van der Waals surface area contributed by atoms with E-state index in [-0.39, 0.29) is 12.0 Å². The summed E-state index contributed by atoms with van der Waals surface area (Å²) in [5.74, 6) is 1.21. The van der Waals surface area contributed by atoms with Crippen molar-refractivity contribution >= 4 is 17.2 Å². The molecule has 0 aliphatic carbocycles. The van der Waals surface area contributed by atoms with Crippen LogP contribution in [-0.2, 0) is 16.0 Å². The maximum absolute atomic E-state index is 12.4. The molecule has 1 fully saturated rings. The van der Waals surface area contributed by atoms with Crippen molar-refractivity contribution in [2.24, 2.45) is 0 Å². The molecule has 1 unspecified atom stereocenters. The van der Waals surface area contributed by atoms with Crippen LogP contribution in [0.4, 0.5) is 0 Å². The lowest BCUT2D eigenvalue weighted by molar-refractivity contribution is -0.139. The number of morpholine rings is 1. The number of hydrogen-bond donors (Lipinski definition) is 0. The molecule has 2 aromatic rings. The van der Waals surface area contributed by atoms with Gasteiger partial charge < -0.3 is 14.2 Å². The van der Waals surface area contributed by atoms with E-state index in [2.05, 4.69) is 29.2 Å². The molecule has 0 saturated carbocycles. The third-order valence-corrected chi connectivity index (χ3v) is 4.92. The van der Waals surface area contributed by atoms with Gasteiger partial charge in [0, 0.05) is 29.6 Å². The number of hydrogen-bond acceptors (Lipinski definition) is 6. The molecular formula is C16H21N3O3S. The largest absolute Gasteiger partial charge is 0.366 e. The molecule has 2 aromatic heterocycles. The summed E-state index contributed by atoms with van der Waals surface area (Å²) in [6.07, 6.45) is 2.11. The molecule has 6 nitrogen and oxygen atoms in total. The number of amides is 1. The third-order valence-electron chi connectivity index (χ3n) is 3.86. The molecule has 0 spiro atoms. The highest BCUT2D eigenvalue weighted by Crippen LogP contribution is 2.21. The van der Waals surface area contributed by atoms with Crippen molar-refractivity contribution in [3.8, 4) is 0 Å². The van der Waals surface area contributed by atoms with Crippen molar-refractivity contribution in [3.05, 3.63) is 33.6 Å². The van der Waals surface area contributed by atoms with Crippen molar-refractivity contribution < 1.29 is 14.1 Å². The number of rotatable bonds is 5. The normalized spacial score (nSPS) is 18.3. The monoisotopic (exact) mass is 335 g/mol. The zero-order chi connectivity index (χ0) is 16.2. The molecule has 0 bridgehead atoms. The SMILES string of the molecule is Cc1nc(C2CN(C(=O)CCCc3ccc(C)s3)CCO2)no1. The molecule has 1 aliphatic heterocycles. The van der Waals surface area contributed by atoms with E-state index in [1.54, 1.807) is 18.3 Å². The Bertz CT molecular complexity index is 667. The van der Waals surface area contributed by atoms with Crippen molar-refractivity contribution in [1.29, 1.82) is 0 Å². The van der Waals surface area contributed by atoms with Crippen LogP contribution < -0.4 is 0 Å². The van der Waals surface area contributed by atoms with E-state index in [4.69, 9.17) is 9.26 Å². The molecule has 1 atom stereocenters. The number of carbonyl (C=O) groups excluding carboxylic acids is 1. The maximum Gasteiger partial charge on any atom is 0.223 e. The number of carbonyl (C=O) groups is 1. The maximum atomic E-state index is 12.4. The van der Waals surface area contributed by atoms with Crippen molar-refractivity contribution in [1.82, 2.24) is 15.0 Å². The summed E-state index contributed by atoms with van der Waals surface area (Å²) in [4.78, 5) is 21.1. The summed E-state index contributed by atoms with van der Waals surface area (Å²) < 4.78 is 10.6. The molecule has 1 aliphatic rings. The number of ether oxygens (including phenoxy) is 1. The summed E-state index contributed by atoms with van der Waals surface area (Å²) in [6, 6.07) is 4.27. The van der Waals surface area contributed by atoms with Gasteiger partial charge in [-0.05, 0) is 31.9 Å². The first-order valence-corrected chi connectivity index (χ1v) is 8.68. The van der Waals surface area contributed by atoms with Crippen LogP contribution in [0, 0.1) is 13.8 Å². The van der Waals surface area contributed by atoms with Crippen molar-refractivity contribution in [3.63, 3.8) is 0 Å². The molecule has 124 valence electrons. The summed E-state index contributed by atoms with van der Waals surface area (Å²) in [5, 5.41) is 3.89. The van der Waals surface area contributed by atoms with Gasteiger partial charge in [-0.15, -0.1) is 11.3 Å². The molecule has 7 heteroatoms. The van der Waals surface area contributed by atoms with Crippen molar-refractivity contribution in [2.75, 3.05) is 19.7 Å². The van der Waals surface area contributed by atoms with Gasteiger partial charge in [-0.1, -0.05) is 5.16 Å². The highest BCUT2D eigenvalue weighted by molar-refractivity contribution is 7.11. The van der Waals surface area contributed by atoms with Gasteiger partial charge in [-0.2, -0.15) is 4.98 Å². The Hall–Kier alpha value is -1.73. The Morgan fingerprint density at radius 1 is 1.43 bits per heavy atom. The van der Waals surface area contributed by atoms with E-state index >= 15 is 0 Å². The van der Waals surface area contributed by atoms with E-state index < -0.39 is 0 Å². The van der Waals surface area contributed by atoms with Crippen LogP contribution in [0.25, 0.3) is 0 Å². The fourth-order valence-corrected chi connectivity index (χ4v) is 3.60. The summed E-state index contributed by atoms with van der Waals surface area (Å²) in [6.45, 7) is 5.48. The van der Waals surface area contributed by atoms with Crippen LogP contribution in [0.3, 0.4) is 0 Å². The zero-order valence-corrected chi connectivity index (χ0v) is 14.3. The molecule has 23 heavy (non-hydrogen) atoms. The predicted octanol–water partition coefficient (Wildman–Crippen LogP) is 2.67. The van der Waals surface area contributed by atoms with Crippen molar-refractivity contribution in [2.45, 2.75) is 39.2 Å². The minimum absolute atomic E-state index is 0.173. The second kappa shape index (κ2) is 7.23. The Morgan fingerprint density at radius 3 is 3.00 bits per heavy atom. The van der Waals surface area contributed by atoms with Crippen LogP contribution in [0.2, 0.25) is 0 Å². The van der Waals surface area contributed by atoms with Gasteiger partial charge in [0.2, 0.25) is 17.6 Å². The Kier molecular flexibility index (Phi) is 5.07. The number of aromatic nitrogens is 2. The Labute approximate surface area is 139 Å². The first kappa shape index (κ1) is 16.1. The average molecular weight is 335 g/mol. The fourth-order valence-electron chi connectivity index (χ4n) is 2.67. The van der Waals surface area contributed by atoms with E-state index in [1.165, 1.54) is 9.75 Å². The highest BCUT2D eigenvalue weighted by Gasteiger charge is 2.28. The van der Waals surface area contributed by atoms with Gasteiger partial charge >= 0.3 is 0 Å². The van der Waals surface area contributed by atoms with E-state index in [1.807, 2.05) is 4.90 Å². The molecule has 0 aromatic carbocycles. The first-order valence-electron chi connectivity index (χ1n) is 7.87. The van der Waals surface area contributed by atoms with E-state index in [9.17, 15) is 4.79 Å². The lowest BCUT2D eigenvalue weighted by Gasteiger charge is -2.31. The van der Waals surface area contributed by atoms with E-state index in [0.29, 0.717) is 37.8 Å². The lowest BCUT2D eigenvalue weighted by atomic mass is 10.1. The standard InChI is InChI=1S/C16H21N3O3S/c1-11-6-7-13(23-11)4-3-5-15(20)19-8-9-21-14(10-19)16-17-12(2)22-18-16/h6-7,14H,3-5,8-10H2,1-2H3. The highest BCUT2D eigenvalue weighted by atomic mass is 32.1. The summed E-state index contributed by atoms with van der Waals surface area (Å²) >= 11 is 1.80. The third kappa shape index (κ3) is 4.17. The summed E-state index contributed by atoms with van der Waals surface area (Å²) in [5.41, 5.74) is 0. The van der Waals surface area contributed by atoms with Crippen LogP contribution in [0.15, 0.2) is 16.7 Å². The molecule has 0 N–H and O–H groups in total. The Balaban J connectivity index is 1.48. The Morgan fingerprint density at radius 2 is 2.30 bits per heavy atom. The van der Waals surface area contributed by atoms with Gasteiger partial charge in [0.1, 0.15) is 6.10 Å².